The monoisotopic (exact) mass is 275 g/mol. The summed E-state index contributed by atoms with van der Waals surface area (Å²) in [5.74, 6) is 1.04. The Bertz CT molecular complexity index is 450. The molecule has 2 aliphatic rings. The van der Waals surface area contributed by atoms with E-state index in [-0.39, 0.29) is 0 Å². The molecule has 0 radical (unpaired) electrons. The van der Waals surface area contributed by atoms with Gasteiger partial charge in [0.15, 0.2) is 0 Å². The van der Waals surface area contributed by atoms with E-state index in [1.807, 2.05) is 12.4 Å². The first-order chi connectivity index (χ1) is 9.78. The van der Waals surface area contributed by atoms with E-state index in [1.54, 1.807) is 0 Å². The average molecular weight is 275 g/mol. The molecule has 110 valence electrons. The molecule has 0 spiro atoms. The Labute approximate surface area is 121 Å². The van der Waals surface area contributed by atoms with Gasteiger partial charge in [-0.2, -0.15) is 0 Å². The third-order valence-corrected chi connectivity index (χ3v) is 4.70. The maximum absolute atomic E-state index is 4.77. The van der Waals surface area contributed by atoms with Crippen molar-refractivity contribution in [1.29, 1.82) is 0 Å². The number of hydrogen-bond acceptors (Lipinski definition) is 5. The van der Waals surface area contributed by atoms with Crippen molar-refractivity contribution in [3.8, 4) is 0 Å². The van der Waals surface area contributed by atoms with E-state index in [4.69, 9.17) is 4.98 Å². The zero-order chi connectivity index (χ0) is 13.9. The number of nitrogens with zero attached hydrogens (tertiary/aromatic N) is 4. The Morgan fingerprint density at radius 1 is 1.25 bits per heavy atom. The molecular formula is C15H25N5. The fourth-order valence-electron chi connectivity index (χ4n) is 3.40. The summed E-state index contributed by atoms with van der Waals surface area (Å²) in [7, 11) is 2.28. The van der Waals surface area contributed by atoms with Crippen molar-refractivity contribution < 1.29 is 0 Å². The average Bonchev–Trinajstić information content (AvgIpc) is 2.70. The molecule has 0 amide bonds. The molecule has 3 heterocycles. The first kappa shape index (κ1) is 13.8. The third-order valence-electron chi connectivity index (χ3n) is 4.70. The standard InChI is InChI=1S/C15H25N5/c1-3-16-8-12-9-17-10-15(18-12)20-7-6-13-4-5-14(11-20)19(13)2/h9-10,13-14,16H,3-8,11H2,1-2H3. The smallest absolute Gasteiger partial charge is 0.147 e. The van der Waals surface area contributed by atoms with Crippen molar-refractivity contribution in [1.82, 2.24) is 20.2 Å². The van der Waals surface area contributed by atoms with Crippen molar-refractivity contribution in [2.24, 2.45) is 0 Å². The summed E-state index contributed by atoms with van der Waals surface area (Å²) in [6.07, 6.45) is 7.70. The predicted octanol–water partition coefficient (Wildman–Crippen LogP) is 1.26. The van der Waals surface area contributed by atoms with E-state index in [2.05, 4.69) is 34.1 Å². The minimum atomic E-state index is 0.682. The van der Waals surface area contributed by atoms with Gasteiger partial charge >= 0.3 is 0 Å². The van der Waals surface area contributed by atoms with Crippen molar-refractivity contribution in [3.05, 3.63) is 18.1 Å². The fraction of sp³-hybridized carbons (Fsp3) is 0.733. The molecule has 2 bridgehead atoms. The van der Waals surface area contributed by atoms with Crippen molar-refractivity contribution in [2.45, 2.75) is 44.8 Å². The van der Waals surface area contributed by atoms with Gasteiger partial charge in [0.2, 0.25) is 0 Å². The lowest BCUT2D eigenvalue weighted by Gasteiger charge is -2.26. The molecule has 0 saturated carbocycles. The number of aromatic nitrogens is 2. The fourth-order valence-corrected chi connectivity index (χ4v) is 3.40. The summed E-state index contributed by atoms with van der Waals surface area (Å²) in [6, 6.07) is 1.45. The summed E-state index contributed by atoms with van der Waals surface area (Å²) in [4.78, 5) is 14.1. The highest BCUT2D eigenvalue weighted by atomic mass is 15.3. The Morgan fingerprint density at radius 2 is 2.10 bits per heavy atom. The maximum Gasteiger partial charge on any atom is 0.147 e. The molecule has 1 aromatic heterocycles. The van der Waals surface area contributed by atoms with Gasteiger partial charge in [-0.15, -0.1) is 0 Å². The van der Waals surface area contributed by atoms with Crippen LogP contribution in [0, 0.1) is 0 Å². The van der Waals surface area contributed by atoms with E-state index in [1.165, 1.54) is 19.3 Å². The molecule has 2 unspecified atom stereocenters. The van der Waals surface area contributed by atoms with Crippen LogP contribution in [0.3, 0.4) is 0 Å². The van der Waals surface area contributed by atoms with Gasteiger partial charge in [-0.3, -0.25) is 9.88 Å². The maximum atomic E-state index is 4.77. The third kappa shape index (κ3) is 2.79. The molecule has 0 aliphatic carbocycles. The zero-order valence-electron chi connectivity index (χ0n) is 12.5. The van der Waals surface area contributed by atoms with Gasteiger partial charge in [-0.1, -0.05) is 6.92 Å². The second kappa shape index (κ2) is 6.06. The second-order valence-electron chi connectivity index (χ2n) is 5.93. The van der Waals surface area contributed by atoms with Crippen LogP contribution < -0.4 is 10.2 Å². The Balaban J connectivity index is 1.72. The van der Waals surface area contributed by atoms with Crippen LogP contribution in [-0.4, -0.2) is 53.6 Å². The van der Waals surface area contributed by atoms with E-state index in [0.717, 1.165) is 43.7 Å². The number of anilines is 1. The van der Waals surface area contributed by atoms with Crippen molar-refractivity contribution >= 4 is 5.82 Å². The molecule has 2 atom stereocenters. The van der Waals surface area contributed by atoms with Gasteiger partial charge in [0, 0.05) is 37.9 Å². The number of likely N-dealkylation sites (N-methyl/N-ethyl adjacent to an activating group) is 1. The van der Waals surface area contributed by atoms with Crippen LogP contribution in [0.15, 0.2) is 12.4 Å². The summed E-state index contributed by atoms with van der Waals surface area (Å²) >= 11 is 0. The summed E-state index contributed by atoms with van der Waals surface area (Å²) in [5.41, 5.74) is 1.03. The van der Waals surface area contributed by atoms with Crippen LogP contribution >= 0.6 is 0 Å². The van der Waals surface area contributed by atoms with E-state index in [0.29, 0.717) is 6.04 Å². The van der Waals surface area contributed by atoms with Crippen LogP contribution in [-0.2, 0) is 6.54 Å². The van der Waals surface area contributed by atoms with Crippen LogP contribution in [0.1, 0.15) is 31.9 Å². The van der Waals surface area contributed by atoms with Crippen LogP contribution in [0.25, 0.3) is 0 Å². The lowest BCUT2D eigenvalue weighted by atomic mass is 10.1. The van der Waals surface area contributed by atoms with Gasteiger partial charge in [-0.05, 0) is 32.9 Å². The van der Waals surface area contributed by atoms with Gasteiger partial charge in [0.05, 0.1) is 11.9 Å². The molecule has 0 aromatic carbocycles. The molecular weight excluding hydrogens is 250 g/mol. The lowest BCUT2D eigenvalue weighted by Crippen LogP contribution is -2.37. The zero-order valence-corrected chi connectivity index (χ0v) is 12.5. The first-order valence-electron chi connectivity index (χ1n) is 7.76. The largest absolute Gasteiger partial charge is 0.354 e. The molecule has 5 nitrogen and oxygen atoms in total. The van der Waals surface area contributed by atoms with Crippen molar-refractivity contribution in [2.75, 3.05) is 31.6 Å². The van der Waals surface area contributed by atoms with Gasteiger partial charge < -0.3 is 10.2 Å². The molecule has 1 aromatic rings. The van der Waals surface area contributed by atoms with E-state index < -0.39 is 0 Å². The lowest BCUT2D eigenvalue weighted by molar-refractivity contribution is 0.254. The Kier molecular flexibility index (Phi) is 4.17. The summed E-state index contributed by atoms with van der Waals surface area (Å²) in [6.45, 7) is 6.07. The SMILES string of the molecule is CCNCc1cncc(N2CCC3CCC(C2)N3C)n1. The molecule has 20 heavy (non-hydrogen) atoms. The minimum Gasteiger partial charge on any atom is -0.354 e. The topological polar surface area (TPSA) is 44.3 Å². The predicted molar refractivity (Wildman–Crippen MR) is 80.8 cm³/mol. The minimum absolute atomic E-state index is 0.682. The summed E-state index contributed by atoms with van der Waals surface area (Å²) < 4.78 is 0. The van der Waals surface area contributed by atoms with E-state index >= 15 is 0 Å². The highest BCUT2D eigenvalue weighted by molar-refractivity contribution is 5.37. The Morgan fingerprint density at radius 3 is 2.95 bits per heavy atom. The highest BCUT2D eigenvalue weighted by Gasteiger charge is 2.34. The van der Waals surface area contributed by atoms with Crippen LogP contribution in [0.2, 0.25) is 0 Å². The number of fused-ring (bicyclic) bond motifs is 2. The molecule has 1 N–H and O–H groups in total. The van der Waals surface area contributed by atoms with Gasteiger partial charge in [0.1, 0.15) is 5.82 Å². The molecule has 2 saturated heterocycles. The second-order valence-corrected chi connectivity index (χ2v) is 5.93. The number of rotatable bonds is 4. The molecule has 5 heteroatoms. The number of hydrogen-bond donors (Lipinski definition) is 1. The van der Waals surface area contributed by atoms with Crippen LogP contribution in [0.5, 0.6) is 0 Å². The number of nitrogens with one attached hydrogen (secondary N) is 1. The quantitative estimate of drug-likeness (QED) is 0.896. The van der Waals surface area contributed by atoms with Crippen molar-refractivity contribution in [3.63, 3.8) is 0 Å². The van der Waals surface area contributed by atoms with Gasteiger partial charge in [-0.25, -0.2) is 4.98 Å². The van der Waals surface area contributed by atoms with E-state index in [9.17, 15) is 0 Å². The van der Waals surface area contributed by atoms with Crippen LogP contribution in [0.4, 0.5) is 5.82 Å². The Hall–Kier alpha value is -1.20. The highest BCUT2D eigenvalue weighted by Crippen LogP contribution is 2.29. The normalized spacial score (nSPS) is 26.8. The molecule has 3 rings (SSSR count). The molecule has 2 aliphatic heterocycles. The first-order valence-corrected chi connectivity index (χ1v) is 7.76. The molecule has 2 fully saturated rings. The van der Waals surface area contributed by atoms with Gasteiger partial charge in [0.25, 0.3) is 0 Å². The summed E-state index contributed by atoms with van der Waals surface area (Å²) in [5, 5.41) is 3.31.